The van der Waals surface area contributed by atoms with Gasteiger partial charge in [-0.2, -0.15) is 13.2 Å². The normalized spacial score (nSPS) is 11.3. The third-order valence-corrected chi connectivity index (χ3v) is 1.64. The van der Waals surface area contributed by atoms with E-state index in [4.69, 9.17) is 0 Å². The number of pyridine rings is 1. The maximum Gasteiger partial charge on any atom is 0.433 e. The van der Waals surface area contributed by atoms with Gasteiger partial charge in [0.2, 0.25) is 0 Å². The second-order valence-corrected chi connectivity index (χ2v) is 2.77. The smallest absolute Gasteiger partial charge is 0.433 e. The highest BCUT2D eigenvalue weighted by molar-refractivity contribution is 5.89. The molecule has 88 valence electrons. The highest BCUT2D eigenvalue weighted by Gasteiger charge is 2.34. The van der Waals surface area contributed by atoms with Crippen molar-refractivity contribution in [3.8, 4) is 0 Å². The molecule has 0 fully saturated rings. The molecule has 0 saturated heterocycles. The summed E-state index contributed by atoms with van der Waals surface area (Å²) in [5.41, 5.74) is -2.11. The molecule has 0 aliphatic carbocycles. The first-order chi connectivity index (χ1) is 7.36. The van der Waals surface area contributed by atoms with Crippen LogP contribution in [0.4, 0.5) is 17.6 Å². The van der Waals surface area contributed by atoms with Crippen LogP contribution < -0.4 is 0 Å². The fraction of sp³-hybridized carbons (Fsp3) is 0.333. The Morgan fingerprint density at radius 1 is 1.50 bits per heavy atom. The zero-order valence-electron chi connectivity index (χ0n) is 8.14. The molecule has 0 N–H and O–H groups in total. The summed E-state index contributed by atoms with van der Waals surface area (Å²) < 4.78 is 54.0. The van der Waals surface area contributed by atoms with Gasteiger partial charge in [0, 0.05) is 0 Å². The second kappa shape index (κ2) is 4.46. The number of ether oxygens (including phenoxy) is 1. The Hall–Kier alpha value is -1.66. The zero-order chi connectivity index (χ0) is 12.3. The van der Waals surface area contributed by atoms with Crippen LogP contribution >= 0.6 is 0 Å². The van der Waals surface area contributed by atoms with Crippen molar-refractivity contribution in [2.45, 2.75) is 13.1 Å². The molecule has 0 spiro atoms. The number of halogens is 4. The van der Waals surface area contributed by atoms with Crippen LogP contribution in [0, 0.1) is 5.82 Å². The lowest BCUT2D eigenvalue weighted by Crippen LogP contribution is -2.13. The van der Waals surface area contributed by atoms with E-state index in [0.717, 1.165) is 0 Å². The van der Waals surface area contributed by atoms with Crippen molar-refractivity contribution in [2.75, 3.05) is 6.61 Å². The van der Waals surface area contributed by atoms with Gasteiger partial charge in [0.05, 0.1) is 18.4 Å². The Morgan fingerprint density at radius 3 is 2.62 bits per heavy atom. The maximum absolute atomic E-state index is 13.0. The number of esters is 1. The number of carbonyl (C=O) groups is 1. The molecule has 16 heavy (non-hydrogen) atoms. The van der Waals surface area contributed by atoms with Crippen LogP contribution in [0.3, 0.4) is 0 Å². The van der Waals surface area contributed by atoms with Gasteiger partial charge in [-0.05, 0) is 13.0 Å². The molecule has 0 saturated carbocycles. The number of carbonyl (C=O) groups excluding carboxylic acids is 1. The molecule has 0 bridgehead atoms. The number of hydrogen-bond donors (Lipinski definition) is 0. The van der Waals surface area contributed by atoms with E-state index < -0.39 is 29.2 Å². The Kier molecular flexibility index (Phi) is 3.46. The van der Waals surface area contributed by atoms with Gasteiger partial charge in [-0.25, -0.2) is 14.2 Å². The maximum atomic E-state index is 13.0. The van der Waals surface area contributed by atoms with Crippen molar-refractivity contribution in [1.82, 2.24) is 4.98 Å². The molecule has 0 aliphatic heterocycles. The zero-order valence-corrected chi connectivity index (χ0v) is 8.14. The summed E-state index contributed by atoms with van der Waals surface area (Å²) >= 11 is 0. The number of rotatable bonds is 2. The van der Waals surface area contributed by atoms with Gasteiger partial charge < -0.3 is 4.74 Å². The van der Waals surface area contributed by atoms with Crippen LogP contribution in [-0.2, 0) is 10.9 Å². The van der Waals surface area contributed by atoms with E-state index >= 15 is 0 Å². The lowest BCUT2D eigenvalue weighted by atomic mass is 10.2. The minimum Gasteiger partial charge on any atom is -0.462 e. The van der Waals surface area contributed by atoms with E-state index in [1.807, 2.05) is 0 Å². The van der Waals surface area contributed by atoms with Crippen LogP contribution in [0.15, 0.2) is 12.3 Å². The largest absolute Gasteiger partial charge is 0.462 e. The van der Waals surface area contributed by atoms with Crippen molar-refractivity contribution < 1.29 is 27.1 Å². The molecule has 0 aliphatic rings. The van der Waals surface area contributed by atoms with E-state index in [9.17, 15) is 22.4 Å². The third kappa shape index (κ3) is 2.68. The Morgan fingerprint density at radius 2 is 2.12 bits per heavy atom. The number of aromatic nitrogens is 1. The van der Waals surface area contributed by atoms with Gasteiger partial charge in [-0.15, -0.1) is 0 Å². The molecule has 0 unspecified atom stereocenters. The number of alkyl halides is 3. The van der Waals surface area contributed by atoms with E-state index in [1.54, 1.807) is 0 Å². The van der Waals surface area contributed by atoms with Gasteiger partial charge in [0.1, 0.15) is 5.69 Å². The van der Waals surface area contributed by atoms with E-state index in [-0.39, 0.29) is 6.61 Å². The standard InChI is InChI=1S/C9H7F4NO2/c1-2-16-8(15)5-3-7(9(11,12)13)14-4-6(5)10/h3-4H,2H2,1H3. The average molecular weight is 237 g/mol. The molecule has 0 radical (unpaired) electrons. The van der Waals surface area contributed by atoms with Crippen molar-refractivity contribution >= 4 is 5.97 Å². The molecule has 1 aromatic heterocycles. The van der Waals surface area contributed by atoms with Crippen molar-refractivity contribution in [2.24, 2.45) is 0 Å². The summed E-state index contributed by atoms with van der Waals surface area (Å²) in [6.45, 7) is 1.41. The highest BCUT2D eigenvalue weighted by atomic mass is 19.4. The summed E-state index contributed by atoms with van der Waals surface area (Å²) in [6, 6.07) is 0.327. The van der Waals surface area contributed by atoms with E-state index in [1.165, 1.54) is 6.92 Å². The summed E-state index contributed by atoms with van der Waals surface area (Å²) in [6.07, 6.45) is -4.38. The minimum absolute atomic E-state index is 0.0536. The quantitative estimate of drug-likeness (QED) is 0.585. The summed E-state index contributed by atoms with van der Waals surface area (Å²) in [7, 11) is 0. The van der Waals surface area contributed by atoms with Crippen molar-refractivity contribution in [3.05, 3.63) is 29.3 Å². The summed E-state index contributed by atoms with van der Waals surface area (Å²) in [5.74, 6) is -2.29. The molecule has 1 rings (SSSR count). The SMILES string of the molecule is CCOC(=O)c1cc(C(F)(F)F)ncc1F. The molecule has 7 heteroatoms. The lowest BCUT2D eigenvalue weighted by molar-refractivity contribution is -0.141. The summed E-state index contributed by atoms with van der Waals surface area (Å²) in [4.78, 5) is 13.9. The van der Waals surface area contributed by atoms with Gasteiger partial charge in [0.15, 0.2) is 5.82 Å². The lowest BCUT2D eigenvalue weighted by Gasteiger charge is -2.07. The average Bonchev–Trinajstić information content (AvgIpc) is 2.16. The van der Waals surface area contributed by atoms with Gasteiger partial charge in [0.25, 0.3) is 0 Å². The predicted octanol–water partition coefficient (Wildman–Crippen LogP) is 2.42. The monoisotopic (exact) mass is 237 g/mol. The van der Waals surface area contributed by atoms with Crippen molar-refractivity contribution in [3.63, 3.8) is 0 Å². The van der Waals surface area contributed by atoms with E-state index in [2.05, 4.69) is 9.72 Å². The van der Waals surface area contributed by atoms with Crippen LogP contribution in [0.5, 0.6) is 0 Å². The predicted molar refractivity (Wildman–Crippen MR) is 45.2 cm³/mol. The Balaban J connectivity index is 3.14. The fourth-order valence-electron chi connectivity index (χ4n) is 0.959. The second-order valence-electron chi connectivity index (χ2n) is 2.77. The highest BCUT2D eigenvalue weighted by Crippen LogP contribution is 2.28. The molecule has 0 aromatic carbocycles. The molecular formula is C9H7F4NO2. The molecule has 1 aromatic rings. The fourth-order valence-corrected chi connectivity index (χ4v) is 0.959. The van der Waals surface area contributed by atoms with Gasteiger partial charge >= 0.3 is 12.1 Å². The molecule has 3 nitrogen and oxygen atoms in total. The third-order valence-electron chi connectivity index (χ3n) is 1.64. The molecule has 1 heterocycles. The van der Waals surface area contributed by atoms with Crippen LogP contribution in [0.2, 0.25) is 0 Å². The first kappa shape index (κ1) is 12.4. The summed E-state index contributed by atoms with van der Waals surface area (Å²) in [5, 5.41) is 0. The first-order valence-corrected chi connectivity index (χ1v) is 4.26. The van der Waals surface area contributed by atoms with Gasteiger partial charge in [-0.1, -0.05) is 0 Å². The Labute approximate surface area is 88.0 Å². The topological polar surface area (TPSA) is 39.2 Å². The Bertz CT molecular complexity index is 403. The van der Waals surface area contributed by atoms with Crippen LogP contribution in [0.25, 0.3) is 0 Å². The van der Waals surface area contributed by atoms with Crippen LogP contribution in [-0.4, -0.2) is 17.6 Å². The van der Waals surface area contributed by atoms with Crippen molar-refractivity contribution in [1.29, 1.82) is 0 Å². The van der Waals surface area contributed by atoms with Crippen LogP contribution in [0.1, 0.15) is 23.0 Å². The number of nitrogens with zero attached hydrogens (tertiary/aromatic N) is 1. The molecule has 0 atom stereocenters. The minimum atomic E-state index is -4.73. The molecular weight excluding hydrogens is 230 g/mol. The molecule has 0 amide bonds. The van der Waals surface area contributed by atoms with Gasteiger partial charge in [-0.3, -0.25) is 0 Å². The first-order valence-electron chi connectivity index (χ1n) is 4.26. The number of hydrogen-bond acceptors (Lipinski definition) is 3. The van der Waals surface area contributed by atoms with E-state index in [0.29, 0.717) is 12.3 Å².